The van der Waals surface area contributed by atoms with Crippen LogP contribution in [0.2, 0.25) is 0 Å². The Kier molecular flexibility index (Phi) is 50.0. The Morgan fingerprint density at radius 3 is 0.969 bits per heavy atom. The minimum Gasteiger partial charge on any atom is -0.462 e. The molecule has 65 heavy (non-hydrogen) atoms. The zero-order chi connectivity index (χ0) is 47.2. The van der Waals surface area contributed by atoms with Crippen LogP contribution in [0.1, 0.15) is 239 Å². The molecule has 370 valence electrons. The Labute approximate surface area is 400 Å². The van der Waals surface area contributed by atoms with E-state index in [9.17, 15) is 14.4 Å². The topological polar surface area (TPSA) is 78.9 Å². The highest BCUT2D eigenvalue weighted by molar-refractivity contribution is 5.71. The lowest BCUT2D eigenvalue weighted by Gasteiger charge is -2.18. The molecule has 0 spiro atoms. The van der Waals surface area contributed by atoms with E-state index in [1.54, 1.807) is 0 Å². The third kappa shape index (κ3) is 51.2. The van der Waals surface area contributed by atoms with Gasteiger partial charge < -0.3 is 14.2 Å². The fourth-order valence-electron chi connectivity index (χ4n) is 7.02. The van der Waals surface area contributed by atoms with Gasteiger partial charge in [0.15, 0.2) is 6.10 Å². The second-order valence-corrected chi connectivity index (χ2v) is 17.4. The van der Waals surface area contributed by atoms with Crippen molar-refractivity contribution in [3.8, 4) is 0 Å². The molecule has 0 fully saturated rings. The Bertz CT molecular complexity index is 1310. The molecule has 0 aromatic heterocycles. The summed E-state index contributed by atoms with van der Waals surface area (Å²) in [6.07, 6.45) is 69.6. The van der Waals surface area contributed by atoms with Crippen LogP contribution in [0.3, 0.4) is 0 Å². The number of carbonyl (C=O) groups is 3. The molecule has 0 bridgehead atoms. The van der Waals surface area contributed by atoms with Gasteiger partial charge in [-0.3, -0.25) is 14.4 Å². The molecule has 6 heteroatoms. The van der Waals surface area contributed by atoms with Crippen LogP contribution >= 0.6 is 0 Å². The standard InChI is InChI=1S/C59H98O6/c1-4-7-10-13-16-19-22-25-28-29-32-34-37-40-43-46-49-52-58(61)64-55-56(65-59(62)53-50-47-44-41-38-35-31-27-24-21-18-15-12-9-6-3)54-63-57(60)51-48-45-42-39-36-33-30-26-23-20-17-14-11-8-5-2/h9,12,16-21,25-28,30-31,36,39,56H,4-8,10-11,13-15,22-24,29,32-35,37-38,40-55H2,1-3H3/b12-9-,19-16-,20-17-,21-18-,28-25-,30-26-,31-27-,39-36-/t56-/m1/s1. The monoisotopic (exact) mass is 903 g/mol. The number of rotatable bonds is 47. The number of allylic oxidation sites excluding steroid dienone is 16. The fourth-order valence-corrected chi connectivity index (χ4v) is 7.02. The summed E-state index contributed by atoms with van der Waals surface area (Å²) in [4.78, 5) is 38.0. The molecule has 0 aromatic carbocycles. The van der Waals surface area contributed by atoms with Crippen molar-refractivity contribution in [2.24, 2.45) is 0 Å². The van der Waals surface area contributed by atoms with Crippen LogP contribution in [-0.4, -0.2) is 37.2 Å². The molecule has 0 saturated carbocycles. The molecule has 0 aliphatic carbocycles. The molecule has 6 nitrogen and oxygen atoms in total. The van der Waals surface area contributed by atoms with Crippen molar-refractivity contribution in [3.63, 3.8) is 0 Å². The Hall–Kier alpha value is -3.67. The van der Waals surface area contributed by atoms with E-state index in [2.05, 4.69) is 118 Å². The van der Waals surface area contributed by atoms with Gasteiger partial charge in [0.05, 0.1) is 0 Å². The summed E-state index contributed by atoms with van der Waals surface area (Å²) < 4.78 is 16.8. The van der Waals surface area contributed by atoms with Crippen molar-refractivity contribution >= 4 is 17.9 Å². The second kappa shape index (κ2) is 52.9. The van der Waals surface area contributed by atoms with Gasteiger partial charge in [-0.25, -0.2) is 0 Å². The van der Waals surface area contributed by atoms with Crippen molar-refractivity contribution in [2.45, 2.75) is 245 Å². The molecule has 0 radical (unpaired) electrons. The fraction of sp³-hybridized carbons (Fsp3) is 0.678. The summed E-state index contributed by atoms with van der Waals surface area (Å²) in [5.74, 6) is -0.968. The van der Waals surface area contributed by atoms with E-state index in [1.807, 2.05) is 0 Å². The van der Waals surface area contributed by atoms with E-state index in [1.165, 1.54) is 77.0 Å². The van der Waals surface area contributed by atoms with Crippen LogP contribution in [0.25, 0.3) is 0 Å². The highest BCUT2D eigenvalue weighted by Gasteiger charge is 2.19. The molecule has 0 saturated heterocycles. The molecule has 0 amide bonds. The van der Waals surface area contributed by atoms with Gasteiger partial charge in [-0.1, -0.05) is 195 Å². The lowest BCUT2D eigenvalue weighted by Crippen LogP contribution is -2.30. The van der Waals surface area contributed by atoms with Gasteiger partial charge in [-0.2, -0.15) is 0 Å². The van der Waals surface area contributed by atoms with Gasteiger partial charge in [0.25, 0.3) is 0 Å². The highest BCUT2D eigenvalue weighted by Crippen LogP contribution is 2.13. The minimum absolute atomic E-state index is 0.102. The first-order valence-corrected chi connectivity index (χ1v) is 26.7. The number of hydrogen-bond acceptors (Lipinski definition) is 6. The predicted octanol–water partition coefficient (Wildman–Crippen LogP) is 17.8. The van der Waals surface area contributed by atoms with Crippen LogP contribution in [-0.2, 0) is 28.6 Å². The Balaban J connectivity index is 4.49. The normalized spacial score (nSPS) is 12.8. The summed E-state index contributed by atoms with van der Waals surface area (Å²) in [6, 6.07) is 0. The first-order valence-electron chi connectivity index (χ1n) is 26.7. The molecule has 0 rings (SSSR count). The van der Waals surface area contributed by atoms with Gasteiger partial charge >= 0.3 is 17.9 Å². The maximum Gasteiger partial charge on any atom is 0.306 e. The number of esters is 3. The Morgan fingerprint density at radius 1 is 0.323 bits per heavy atom. The van der Waals surface area contributed by atoms with E-state index >= 15 is 0 Å². The van der Waals surface area contributed by atoms with E-state index in [0.29, 0.717) is 19.3 Å². The lowest BCUT2D eigenvalue weighted by atomic mass is 10.1. The average Bonchev–Trinajstić information content (AvgIpc) is 3.30. The van der Waals surface area contributed by atoms with Gasteiger partial charge in [0, 0.05) is 19.3 Å². The van der Waals surface area contributed by atoms with Gasteiger partial charge in [0.1, 0.15) is 13.2 Å². The minimum atomic E-state index is -0.806. The summed E-state index contributed by atoms with van der Waals surface area (Å²) in [5, 5.41) is 0. The zero-order valence-corrected chi connectivity index (χ0v) is 42.2. The molecule has 0 unspecified atom stereocenters. The third-order valence-electron chi connectivity index (χ3n) is 11.0. The first kappa shape index (κ1) is 61.3. The van der Waals surface area contributed by atoms with E-state index in [-0.39, 0.29) is 31.1 Å². The number of ether oxygens (including phenoxy) is 3. The Morgan fingerprint density at radius 2 is 0.600 bits per heavy atom. The highest BCUT2D eigenvalue weighted by atomic mass is 16.6. The van der Waals surface area contributed by atoms with Crippen molar-refractivity contribution in [1.29, 1.82) is 0 Å². The number of hydrogen-bond donors (Lipinski definition) is 0. The molecule has 0 aliphatic heterocycles. The summed E-state index contributed by atoms with van der Waals surface area (Å²) in [5.41, 5.74) is 0. The maximum atomic E-state index is 12.8. The summed E-state index contributed by atoms with van der Waals surface area (Å²) >= 11 is 0. The third-order valence-corrected chi connectivity index (χ3v) is 11.0. The quantitative estimate of drug-likeness (QED) is 0.0262. The number of unbranched alkanes of at least 4 members (excludes halogenated alkanes) is 20. The molecule has 0 aromatic rings. The van der Waals surface area contributed by atoms with Crippen LogP contribution < -0.4 is 0 Å². The number of carbonyl (C=O) groups excluding carboxylic acids is 3. The van der Waals surface area contributed by atoms with Gasteiger partial charge in [-0.05, 0) is 122 Å². The molecule has 0 heterocycles. The van der Waals surface area contributed by atoms with Gasteiger partial charge in [-0.15, -0.1) is 0 Å². The SMILES string of the molecule is CC/C=C\C/C=C\C/C=C\CCCCCCCC(=O)O[C@H](COC(=O)CCCC/C=C\C/C=C\C/C=C\CCCCC)COC(=O)CCCCCCCCC/C=C\C/C=C\CCCCC. The van der Waals surface area contributed by atoms with Crippen LogP contribution in [0, 0.1) is 0 Å². The average molecular weight is 903 g/mol. The largest absolute Gasteiger partial charge is 0.462 e. The summed E-state index contributed by atoms with van der Waals surface area (Å²) in [6.45, 7) is 6.41. The summed E-state index contributed by atoms with van der Waals surface area (Å²) in [7, 11) is 0. The molecule has 1 atom stereocenters. The molecule has 0 N–H and O–H groups in total. The molecule has 0 aliphatic rings. The van der Waals surface area contributed by atoms with E-state index < -0.39 is 6.10 Å². The van der Waals surface area contributed by atoms with E-state index in [4.69, 9.17) is 14.2 Å². The van der Waals surface area contributed by atoms with Crippen molar-refractivity contribution in [3.05, 3.63) is 97.2 Å². The van der Waals surface area contributed by atoms with E-state index in [0.717, 1.165) is 122 Å². The lowest BCUT2D eigenvalue weighted by molar-refractivity contribution is -0.167. The first-order chi connectivity index (χ1) is 32.0. The maximum absolute atomic E-state index is 12.8. The van der Waals surface area contributed by atoms with Crippen LogP contribution in [0.15, 0.2) is 97.2 Å². The zero-order valence-electron chi connectivity index (χ0n) is 42.2. The molecular formula is C59H98O6. The smallest absolute Gasteiger partial charge is 0.306 e. The van der Waals surface area contributed by atoms with Crippen molar-refractivity contribution in [2.75, 3.05) is 13.2 Å². The van der Waals surface area contributed by atoms with Crippen molar-refractivity contribution < 1.29 is 28.6 Å². The van der Waals surface area contributed by atoms with Gasteiger partial charge in [0.2, 0.25) is 0 Å². The second-order valence-electron chi connectivity index (χ2n) is 17.4. The van der Waals surface area contributed by atoms with Crippen LogP contribution in [0.5, 0.6) is 0 Å². The predicted molar refractivity (Wildman–Crippen MR) is 279 cm³/mol. The van der Waals surface area contributed by atoms with Crippen molar-refractivity contribution in [1.82, 2.24) is 0 Å². The van der Waals surface area contributed by atoms with Crippen LogP contribution in [0.4, 0.5) is 0 Å². The molecular weight excluding hydrogens is 805 g/mol.